The molecule has 1 aromatic rings. The van der Waals surface area contributed by atoms with E-state index in [0.29, 0.717) is 11.8 Å². The first-order chi connectivity index (χ1) is 8.67. The maximum atomic E-state index is 10.00. The molecule has 18 heavy (non-hydrogen) atoms. The van der Waals surface area contributed by atoms with Crippen molar-refractivity contribution in [2.45, 2.75) is 43.1 Å². The van der Waals surface area contributed by atoms with Gasteiger partial charge in [0.05, 0.1) is 0 Å². The van der Waals surface area contributed by atoms with Crippen LogP contribution in [-0.2, 0) is 6.42 Å². The molecule has 0 saturated heterocycles. The molecule has 4 N–H and O–H groups in total. The zero-order valence-corrected chi connectivity index (χ0v) is 11.5. The Morgan fingerprint density at radius 3 is 2.83 bits per heavy atom. The van der Waals surface area contributed by atoms with Gasteiger partial charge >= 0.3 is 0 Å². The summed E-state index contributed by atoms with van der Waals surface area (Å²) in [6.45, 7) is 2.76. The highest BCUT2D eigenvalue weighted by atomic mass is 32.2. The van der Waals surface area contributed by atoms with Gasteiger partial charge in [-0.05, 0) is 24.5 Å². The second-order valence-electron chi connectivity index (χ2n) is 4.83. The molecular weight excluding hydrogens is 246 g/mol. The summed E-state index contributed by atoms with van der Waals surface area (Å²) in [7, 11) is 0. The lowest BCUT2D eigenvalue weighted by Crippen LogP contribution is -2.22. The van der Waals surface area contributed by atoms with Gasteiger partial charge in [0.15, 0.2) is 11.5 Å². The lowest BCUT2D eigenvalue weighted by molar-refractivity contribution is 0.397. The third-order valence-corrected chi connectivity index (χ3v) is 5.09. The fourth-order valence-corrected chi connectivity index (χ4v) is 4.03. The average Bonchev–Trinajstić information content (AvgIpc) is 2.40. The van der Waals surface area contributed by atoms with Gasteiger partial charge < -0.3 is 15.9 Å². The molecule has 4 heteroatoms. The summed E-state index contributed by atoms with van der Waals surface area (Å²) in [6, 6.07) is 3.45. The molecule has 0 saturated carbocycles. The maximum absolute atomic E-state index is 10.00. The van der Waals surface area contributed by atoms with Crippen LogP contribution >= 0.6 is 11.8 Å². The Labute approximate surface area is 112 Å². The van der Waals surface area contributed by atoms with E-state index >= 15 is 0 Å². The van der Waals surface area contributed by atoms with Gasteiger partial charge in [0, 0.05) is 22.6 Å². The van der Waals surface area contributed by atoms with Crippen LogP contribution in [0.3, 0.4) is 0 Å². The number of aromatic hydroxyl groups is 2. The number of nitrogens with two attached hydrogens (primary N) is 1. The van der Waals surface area contributed by atoms with E-state index in [-0.39, 0.29) is 16.7 Å². The second-order valence-corrected chi connectivity index (χ2v) is 6.34. The minimum atomic E-state index is -0.0225. The maximum Gasteiger partial charge on any atom is 0.161 e. The number of rotatable bonds is 4. The summed E-state index contributed by atoms with van der Waals surface area (Å²) in [6.07, 6.45) is 4.36. The van der Waals surface area contributed by atoms with Crippen LogP contribution in [0.15, 0.2) is 12.1 Å². The smallest absolute Gasteiger partial charge is 0.161 e. The fourth-order valence-electron chi connectivity index (χ4n) is 2.52. The standard InChI is InChI=1S/C14H21NO2S/c1-2-3-4-9-7-11-10(13(8-15)18-9)5-6-12(16)14(11)17/h5-6,9,13,16-17H,2-4,7-8,15H2,1H3. The van der Waals surface area contributed by atoms with E-state index in [2.05, 4.69) is 6.92 Å². The molecule has 0 bridgehead atoms. The van der Waals surface area contributed by atoms with Crippen molar-refractivity contribution in [2.75, 3.05) is 6.54 Å². The predicted molar refractivity (Wildman–Crippen MR) is 76.2 cm³/mol. The van der Waals surface area contributed by atoms with E-state index in [9.17, 15) is 10.2 Å². The molecule has 0 aliphatic carbocycles. The van der Waals surface area contributed by atoms with Gasteiger partial charge in [-0.2, -0.15) is 0 Å². The number of phenols is 2. The van der Waals surface area contributed by atoms with Crippen molar-refractivity contribution in [3.05, 3.63) is 23.3 Å². The van der Waals surface area contributed by atoms with Crippen molar-refractivity contribution in [2.24, 2.45) is 5.73 Å². The Bertz CT molecular complexity index is 423. The van der Waals surface area contributed by atoms with Crippen molar-refractivity contribution in [3.8, 4) is 11.5 Å². The third kappa shape index (κ3) is 2.59. The minimum Gasteiger partial charge on any atom is -0.504 e. The number of phenolic OH excluding ortho intramolecular Hbond substituents is 2. The first-order valence-corrected chi connectivity index (χ1v) is 7.50. The molecule has 0 spiro atoms. The molecule has 2 rings (SSSR count). The van der Waals surface area contributed by atoms with Gasteiger partial charge in [0.2, 0.25) is 0 Å². The molecule has 0 amide bonds. The van der Waals surface area contributed by atoms with Crippen LogP contribution in [-0.4, -0.2) is 22.0 Å². The van der Waals surface area contributed by atoms with E-state index in [1.165, 1.54) is 12.8 Å². The Morgan fingerprint density at radius 1 is 1.39 bits per heavy atom. The Hall–Kier alpha value is -0.870. The molecule has 1 aromatic carbocycles. The van der Waals surface area contributed by atoms with Gasteiger partial charge in [-0.1, -0.05) is 25.8 Å². The third-order valence-electron chi connectivity index (χ3n) is 3.53. The van der Waals surface area contributed by atoms with Gasteiger partial charge in [-0.3, -0.25) is 0 Å². The van der Waals surface area contributed by atoms with Crippen LogP contribution in [0, 0.1) is 0 Å². The lowest BCUT2D eigenvalue weighted by atomic mass is 9.96. The molecule has 3 nitrogen and oxygen atoms in total. The number of fused-ring (bicyclic) bond motifs is 1. The quantitative estimate of drug-likeness (QED) is 0.734. The molecule has 2 atom stereocenters. The van der Waals surface area contributed by atoms with Crippen molar-refractivity contribution in [1.82, 2.24) is 0 Å². The van der Waals surface area contributed by atoms with Gasteiger partial charge in [-0.15, -0.1) is 11.8 Å². The highest BCUT2D eigenvalue weighted by molar-refractivity contribution is 8.00. The molecule has 0 aromatic heterocycles. The molecular formula is C14H21NO2S. The van der Waals surface area contributed by atoms with Gasteiger partial charge in [0.25, 0.3) is 0 Å². The van der Waals surface area contributed by atoms with E-state index in [4.69, 9.17) is 5.73 Å². The normalized spacial score (nSPS) is 22.8. The van der Waals surface area contributed by atoms with Crippen LogP contribution in [0.2, 0.25) is 0 Å². The summed E-state index contributed by atoms with van der Waals surface area (Å²) in [5.74, 6) is 0.0263. The van der Waals surface area contributed by atoms with Crippen molar-refractivity contribution >= 4 is 11.8 Å². The molecule has 1 aliphatic rings. The largest absolute Gasteiger partial charge is 0.504 e. The number of hydrogen-bond donors (Lipinski definition) is 3. The average molecular weight is 267 g/mol. The van der Waals surface area contributed by atoms with E-state index in [1.807, 2.05) is 17.8 Å². The minimum absolute atomic E-state index is 0.0225. The van der Waals surface area contributed by atoms with Crippen LogP contribution < -0.4 is 5.73 Å². The summed E-state index contributed by atoms with van der Waals surface area (Å²) in [5.41, 5.74) is 7.81. The van der Waals surface area contributed by atoms with Gasteiger partial charge in [0.1, 0.15) is 0 Å². The fraction of sp³-hybridized carbons (Fsp3) is 0.571. The van der Waals surface area contributed by atoms with E-state index < -0.39 is 0 Å². The molecule has 100 valence electrons. The molecule has 1 aliphatic heterocycles. The molecule has 1 heterocycles. The number of benzene rings is 1. The molecule has 0 radical (unpaired) electrons. The summed E-state index contributed by atoms with van der Waals surface area (Å²) < 4.78 is 0. The SMILES string of the molecule is CCCCC1Cc2c(ccc(O)c2O)C(CN)S1. The van der Waals surface area contributed by atoms with Crippen molar-refractivity contribution in [1.29, 1.82) is 0 Å². The zero-order chi connectivity index (χ0) is 13.1. The first kappa shape index (κ1) is 13.6. The topological polar surface area (TPSA) is 66.5 Å². The van der Waals surface area contributed by atoms with Crippen LogP contribution in [0.4, 0.5) is 0 Å². The van der Waals surface area contributed by atoms with Crippen LogP contribution in [0.25, 0.3) is 0 Å². The zero-order valence-electron chi connectivity index (χ0n) is 10.7. The molecule has 0 fully saturated rings. The number of thioether (sulfide) groups is 1. The molecule has 2 unspecified atom stereocenters. The van der Waals surface area contributed by atoms with Gasteiger partial charge in [-0.25, -0.2) is 0 Å². The first-order valence-electron chi connectivity index (χ1n) is 6.56. The predicted octanol–water partition coefficient (Wildman–Crippen LogP) is 2.95. The number of hydrogen-bond acceptors (Lipinski definition) is 4. The lowest BCUT2D eigenvalue weighted by Gasteiger charge is -2.31. The Kier molecular flexibility index (Phi) is 4.40. The van der Waals surface area contributed by atoms with Crippen LogP contribution in [0.1, 0.15) is 42.6 Å². The summed E-state index contributed by atoms with van der Waals surface area (Å²) in [4.78, 5) is 0. The summed E-state index contributed by atoms with van der Waals surface area (Å²) >= 11 is 1.91. The summed E-state index contributed by atoms with van der Waals surface area (Å²) in [5, 5.41) is 20.3. The van der Waals surface area contributed by atoms with E-state index in [1.54, 1.807) is 6.07 Å². The highest BCUT2D eigenvalue weighted by Gasteiger charge is 2.29. The number of unbranched alkanes of at least 4 members (excludes halogenated alkanes) is 1. The van der Waals surface area contributed by atoms with E-state index in [0.717, 1.165) is 24.0 Å². The van der Waals surface area contributed by atoms with Crippen molar-refractivity contribution in [3.63, 3.8) is 0 Å². The monoisotopic (exact) mass is 267 g/mol. The van der Waals surface area contributed by atoms with Crippen LogP contribution in [0.5, 0.6) is 11.5 Å². The van der Waals surface area contributed by atoms with Crippen molar-refractivity contribution < 1.29 is 10.2 Å². The Morgan fingerprint density at radius 2 is 2.17 bits per heavy atom. The Balaban J connectivity index is 2.28. The highest BCUT2D eigenvalue weighted by Crippen LogP contribution is 2.46. The second kappa shape index (κ2) is 5.85.